The maximum absolute atomic E-state index is 9.12. The van der Waals surface area contributed by atoms with Crippen molar-refractivity contribution < 1.29 is 4.74 Å². The van der Waals surface area contributed by atoms with Crippen LogP contribution in [0.2, 0.25) is 0 Å². The fraction of sp³-hybridized carbons (Fsp3) is 0.500. The van der Waals surface area contributed by atoms with Gasteiger partial charge in [-0.25, -0.2) is 0 Å². The number of piperidine rings is 1. The first-order valence-electron chi connectivity index (χ1n) is 10.8. The number of fused-ring (bicyclic) bond motifs is 1. The van der Waals surface area contributed by atoms with Crippen LogP contribution in [0.25, 0.3) is 5.65 Å². The van der Waals surface area contributed by atoms with Crippen LogP contribution >= 0.6 is 0 Å². The Balaban J connectivity index is 1.16. The number of methoxy groups -OCH3 is 1. The van der Waals surface area contributed by atoms with Crippen molar-refractivity contribution in [2.75, 3.05) is 44.7 Å². The van der Waals surface area contributed by atoms with Crippen molar-refractivity contribution in [1.82, 2.24) is 29.7 Å². The molecule has 5 rings (SSSR count). The van der Waals surface area contributed by atoms with Gasteiger partial charge < -0.3 is 14.5 Å². The average Bonchev–Trinajstić information content (AvgIpc) is 3.44. The average molecular weight is 419 g/mol. The van der Waals surface area contributed by atoms with Crippen molar-refractivity contribution in [1.29, 1.82) is 5.26 Å². The molecular formula is C22H26N8O. The number of rotatable bonds is 5. The van der Waals surface area contributed by atoms with Gasteiger partial charge in [0.1, 0.15) is 29.5 Å². The Morgan fingerprint density at radius 2 is 2.03 bits per heavy atom. The Hall–Kier alpha value is -3.25. The summed E-state index contributed by atoms with van der Waals surface area (Å²) in [4.78, 5) is 9.36. The van der Waals surface area contributed by atoms with Gasteiger partial charge in [0.15, 0.2) is 5.65 Å². The smallest absolute Gasteiger partial charge is 0.177 e. The number of hydrogen-bond acceptors (Lipinski definition) is 8. The number of likely N-dealkylation sites (tertiary alicyclic amines) is 1. The van der Waals surface area contributed by atoms with Crippen molar-refractivity contribution in [2.45, 2.75) is 25.7 Å². The van der Waals surface area contributed by atoms with Crippen molar-refractivity contribution in [3.63, 3.8) is 0 Å². The van der Waals surface area contributed by atoms with E-state index in [2.05, 4.69) is 36.1 Å². The predicted molar refractivity (Wildman–Crippen MR) is 115 cm³/mol. The molecule has 0 aliphatic carbocycles. The highest BCUT2D eigenvalue weighted by atomic mass is 16.5. The topological polar surface area (TPSA) is 95.5 Å². The maximum atomic E-state index is 9.12. The predicted octanol–water partition coefficient (Wildman–Crippen LogP) is 1.93. The maximum Gasteiger partial charge on any atom is 0.177 e. The van der Waals surface area contributed by atoms with E-state index in [1.165, 1.54) is 19.3 Å². The molecule has 0 N–H and O–H groups in total. The Bertz CT molecular complexity index is 1110. The van der Waals surface area contributed by atoms with Gasteiger partial charge in [-0.2, -0.15) is 9.78 Å². The quantitative estimate of drug-likeness (QED) is 0.620. The Morgan fingerprint density at radius 3 is 2.84 bits per heavy atom. The molecule has 0 unspecified atom stereocenters. The third-order valence-electron chi connectivity index (χ3n) is 6.76. The van der Waals surface area contributed by atoms with Crippen LogP contribution in [0, 0.1) is 16.7 Å². The molecular weight excluding hydrogens is 392 g/mol. The van der Waals surface area contributed by atoms with Crippen LogP contribution in [0.3, 0.4) is 0 Å². The van der Waals surface area contributed by atoms with Crippen LogP contribution in [0.15, 0.2) is 30.7 Å². The lowest BCUT2D eigenvalue weighted by molar-refractivity contribution is 0.209. The molecule has 3 aromatic heterocycles. The van der Waals surface area contributed by atoms with Crippen LogP contribution in [-0.2, 0) is 6.42 Å². The standard InChI is InChI=1S/C22H26N8O/c1-31-19-12-18(24-14-17(19)13-23)4-8-28-9-5-22(15-28)6-10-29(11-7-22)21-3-2-20-26-25-16-30(20)27-21/h2-3,12,14,16H,4-11,15H2,1H3. The molecule has 0 atom stereocenters. The lowest BCUT2D eigenvalue weighted by Crippen LogP contribution is -2.42. The minimum atomic E-state index is 0.410. The number of hydrogen-bond donors (Lipinski definition) is 0. The second kappa shape index (κ2) is 8.12. The van der Waals surface area contributed by atoms with E-state index >= 15 is 0 Å². The van der Waals surface area contributed by atoms with Crippen LogP contribution in [0.5, 0.6) is 5.75 Å². The first kappa shape index (κ1) is 19.7. The van der Waals surface area contributed by atoms with E-state index in [1.54, 1.807) is 24.1 Å². The van der Waals surface area contributed by atoms with Gasteiger partial charge >= 0.3 is 0 Å². The van der Waals surface area contributed by atoms with Crippen molar-refractivity contribution in [3.8, 4) is 11.8 Å². The lowest BCUT2D eigenvalue weighted by atomic mass is 9.78. The summed E-state index contributed by atoms with van der Waals surface area (Å²) < 4.78 is 7.05. The van der Waals surface area contributed by atoms with Crippen LogP contribution < -0.4 is 9.64 Å². The molecule has 1 spiro atoms. The first-order valence-corrected chi connectivity index (χ1v) is 10.8. The summed E-state index contributed by atoms with van der Waals surface area (Å²) in [6, 6.07) is 8.03. The Morgan fingerprint density at radius 1 is 1.19 bits per heavy atom. The Kier molecular flexibility index (Phi) is 5.16. The molecule has 31 heavy (non-hydrogen) atoms. The zero-order valence-corrected chi connectivity index (χ0v) is 17.7. The number of pyridine rings is 1. The molecule has 2 saturated heterocycles. The van der Waals surface area contributed by atoms with E-state index in [0.29, 0.717) is 16.7 Å². The summed E-state index contributed by atoms with van der Waals surface area (Å²) in [6.45, 7) is 5.33. The summed E-state index contributed by atoms with van der Waals surface area (Å²) in [6.07, 6.45) is 7.76. The number of ether oxygens (including phenoxy) is 1. The summed E-state index contributed by atoms with van der Waals surface area (Å²) in [5, 5.41) is 21.7. The number of aromatic nitrogens is 5. The van der Waals surface area contributed by atoms with Crippen molar-refractivity contribution in [3.05, 3.63) is 42.0 Å². The SMILES string of the molecule is COc1cc(CCN2CCC3(CCN(c4ccc5nncn5n4)CC3)C2)ncc1C#N. The molecule has 0 saturated carbocycles. The van der Waals surface area contributed by atoms with E-state index in [1.807, 2.05) is 18.2 Å². The second-order valence-electron chi connectivity index (χ2n) is 8.58. The van der Waals surface area contributed by atoms with Crippen molar-refractivity contribution in [2.24, 2.45) is 5.41 Å². The molecule has 0 radical (unpaired) electrons. The van der Waals surface area contributed by atoms with Gasteiger partial charge in [-0.3, -0.25) is 4.98 Å². The molecule has 2 aliphatic rings. The van der Waals surface area contributed by atoms with Gasteiger partial charge in [-0.15, -0.1) is 15.3 Å². The molecule has 0 bridgehead atoms. The molecule has 2 fully saturated rings. The summed E-state index contributed by atoms with van der Waals surface area (Å²) >= 11 is 0. The van der Waals surface area contributed by atoms with E-state index < -0.39 is 0 Å². The molecule has 2 aliphatic heterocycles. The third kappa shape index (κ3) is 3.91. The minimum Gasteiger partial charge on any atom is -0.495 e. The van der Waals surface area contributed by atoms with Crippen LogP contribution in [0.4, 0.5) is 5.82 Å². The zero-order valence-electron chi connectivity index (χ0n) is 17.7. The fourth-order valence-corrected chi connectivity index (χ4v) is 4.86. The van der Waals surface area contributed by atoms with Gasteiger partial charge in [0.25, 0.3) is 0 Å². The molecule has 9 heteroatoms. The zero-order chi connectivity index (χ0) is 21.3. The van der Waals surface area contributed by atoms with Gasteiger partial charge in [-0.05, 0) is 43.4 Å². The molecule has 9 nitrogen and oxygen atoms in total. The summed E-state index contributed by atoms with van der Waals surface area (Å²) in [7, 11) is 1.59. The second-order valence-corrected chi connectivity index (χ2v) is 8.58. The van der Waals surface area contributed by atoms with Crippen LogP contribution in [0.1, 0.15) is 30.5 Å². The third-order valence-corrected chi connectivity index (χ3v) is 6.76. The lowest BCUT2D eigenvalue weighted by Gasteiger charge is -2.39. The monoisotopic (exact) mass is 418 g/mol. The van der Waals surface area contributed by atoms with E-state index in [0.717, 1.165) is 56.3 Å². The van der Waals surface area contributed by atoms with Gasteiger partial charge in [0.2, 0.25) is 0 Å². The van der Waals surface area contributed by atoms with Crippen molar-refractivity contribution >= 4 is 11.5 Å². The van der Waals surface area contributed by atoms with Gasteiger partial charge in [-0.1, -0.05) is 0 Å². The van der Waals surface area contributed by atoms with E-state index in [4.69, 9.17) is 10.00 Å². The first-order chi connectivity index (χ1) is 15.2. The van der Waals surface area contributed by atoms with E-state index in [9.17, 15) is 0 Å². The molecule has 3 aromatic rings. The Labute approximate surface area is 181 Å². The van der Waals surface area contributed by atoms with E-state index in [-0.39, 0.29) is 0 Å². The number of nitriles is 1. The highest BCUT2D eigenvalue weighted by molar-refractivity contribution is 5.45. The highest BCUT2D eigenvalue weighted by Crippen LogP contribution is 2.41. The minimum absolute atomic E-state index is 0.410. The largest absolute Gasteiger partial charge is 0.495 e. The highest BCUT2D eigenvalue weighted by Gasteiger charge is 2.40. The molecule has 5 heterocycles. The number of anilines is 1. The molecule has 0 amide bonds. The number of nitrogens with zero attached hydrogens (tertiary/aromatic N) is 8. The molecule has 0 aromatic carbocycles. The fourth-order valence-electron chi connectivity index (χ4n) is 4.86. The van der Waals surface area contributed by atoms with Crippen LogP contribution in [-0.4, -0.2) is 69.5 Å². The van der Waals surface area contributed by atoms with Gasteiger partial charge in [0, 0.05) is 50.6 Å². The molecule has 160 valence electrons. The summed E-state index contributed by atoms with van der Waals surface area (Å²) in [5.41, 5.74) is 2.64. The normalized spacial score (nSPS) is 18.5. The van der Waals surface area contributed by atoms with Gasteiger partial charge in [0.05, 0.1) is 7.11 Å². The summed E-state index contributed by atoms with van der Waals surface area (Å²) in [5.74, 6) is 1.61.